The van der Waals surface area contributed by atoms with E-state index < -0.39 is 29.3 Å². The monoisotopic (exact) mass is 567 g/mol. The number of benzene rings is 2. The third kappa shape index (κ3) is 5.00. The maximum Gasteiger partial charge on any atom is 0.433 e. The molecule has 0 spiro atoms. The number of nitrogens with zero attached hydrogens (tertiary/aromatic N) is 5. The number of nitriles is 1. The van der Waals surface area contributed by atoms with Gasteiger partial charge in [-0.1, -0.05) is 42.5 Å². The maximum atomic E-state index is 14.1. The lowest BCUT2D eigenvalue weighted by atomic mass is 9.83. The quantitative estimate of drug-likeness (QED) is 0.258. The molecule has 12 heteroatoms. The molecule has 0 saturated heterocycles. The van der Waals surface area contributed by atoms with Crippen LogP contribution < -0.4 is 0 Å². The normalized spacial score (nSPS) is 13.6. The standard InChI is InChI=1S/C29H19F6N5O/c1-40-16-37-15-25(40)27(41,19-8-10-24(38-14-19)28(30,31)32)18-7-9-23-20(12-18)22(13-36)21(26(39-23)29(33,34)35)11-17-5-3-2-4-6-17/h2-10,12,14-16,41H,11H2,1H3. The fourth-order valence-corrected chi connectivity index (χ4v) is 4.81. The third-order valence-electron chi connectivity index (χ3n) is 6.77. The van der Waals surface area contributed by atoms with Gasteiger partial charge in [0.05, 0.1) is 29.3 Å². The molecule has 5 rings (SSSR count). The van der Waals surface area contributed by atoms with Crippen molar-refractivity contribution in [2.24, 2.45) is 7.05 Å². The Labute approximate surface area is 229 Å². The predicted octanol–water partition coefficient (Wildman–Crippen LogP) is 6.15. The minimum Gasteiger partial charge on any atom is -0.374 e. The van der Waals surface area contributed by atoms with Crippen LogP contribution in [0.1, 0.15) is 44.9 Å². The van der Waals surface area contributed by atoms with Crippen LogP contribution >= 0.6 is 0 Å². The molecule has 0 saturated carbocycles. The number of hydrogen-bond acceptors (Lipinski definition) is 5. The number of aryl methyl sites for hydroxylation is 1. The topological polar surface area (TPSA) is 87.6 Å². The first-order valence-corrected chi connectivity index (χ1v) is 12.0. The van der Waals surface area contributed by atoms with E-state index in [1.165, 1.54) is 35.3 Å². The molecule has 0 aliphatic carbocycles. The van der Waals surface area contributed by atoms with E-state index in [0.717, 1.165) is 12.3 Å². The maximum absolute atomic E-state index is 14.1. The molecule has 3 aromatic heterocycles. The summed E-state index contributed by atoms with van der Waals surface area (Å²) >= 11 is 0. The summed E-state index contributed by atoms with van der Waals surface area (Å²) in [7, 11) is 1.56. The molecule has 0 radical (unpaired) electrons. The van der Waals surface area contributed by atoms with Gasteiger partial charge in [-0.2, -0.15) is 31.6 Å². The largest absolute Gasteiger partial charge is 0.433 e. The highest BCUT2D eigenvalue weighted by molar-refractivity contribution is 5.87. The van der Waals surface area contributed by atoms with Crippen LogP contribution in [-0.4, -0.2) is 24.6 Å². The van der Waals surface area contributed by atoms with Crippen LogP contribution in [0.4, 0.5) is 26.3 Å². The minimum atomic E-state index is -4.86. The van der Waals surface area contributed by atoms with Gasteiger partial charge < -0.3 is 9.67 Å². The summed E-state index contributed by atoms with van der Waals surface area (Å²) in [6.07, 6.45) is -6.26. The van der Waals surface area contributed by atoms with Gasteiger partial charge in [-0.05, 0) is 29.3 Å². The fourth-order valence-electron chi connectivity index (χ4n) is 4.81. The summed E-state index contributed by atoms with van der Waals surface area (Å²) in [5, 5.41) is 22.3. The number of imidazole rings is 1. The number of rotatable bonds is 5. The van der Waals surface area contributed by atoms with Gasteiger partial charge in [0.15, 0.2) is 5.60 Å². The summed E-state index contributed by atoms with van der Waals surface area (Å²) in [4.78, 5) is 11.3. The van der Waals surface area contributed by atoms with E-state index in [0.29, 0.717) is 11.6 Å². The van der Waals surface area contributed by atoms with Crippen molar-refractivity contribution >= 4 is 10.9 Å². The molecule has 3 heterocycles. The first-order valence-electron chi connectivity index (χ1n) is 12.0. The van der Waals surface area contributed by atoms with Crippen molar-refractivity contribution in [3.63, 3.8) is 0 Å². The Kier molecular flexibility index (Phi) is 6.79. The van der Waals surface area contributed by atoms with Gasteiger partial charge in [0, 0.05) is 36.2 Å². The zero-order chi connectivity index (χ0) is 29.6. The van der Waals surface area contributed by atoms with Crippen LogP contribution in [0.25, 0.3) is 10.9 Å². The van der Waals surface area contributed by atoms with E-state index >= 15 is 0 Å². The van der Waals surface area contributed by atoms with Gasteiger partial charge in [0.25, 0.3) is 0 Å². The lowest BCUT2D eigenvalue weighted by molar-refractivity contribution is -0.142. The van der Waals surface area contributed by atoms with Crippen molar-refractivity contribution in [2.75, 3.05) is 0 Å². The lowest BCUT2D eigenvalue weighted by Crippen LogP contribution is -2.31. The molecule has 208 valence electrons. The molecule has 6 nitrogen and oxygen atoms in total. The van der Waals surface area contributed by atoms with Crippen LogP contribution in [0.3, 0.4) is 0 Å². The molecule has 1 atom stereocenters. The molecule has 0 amide bonds. The second-order valence-electron chi connectivity index (χ2n) is 9.35. The first-order chi connectivity index (χ1) is 19.3. The molecule has 5 aromatic rings. The van der Waals surface area contributed by atoms with Crippen LogP contribution in [0.5, 0.6) is 0 Å². The zero-order valence-corrected chi connectivity index (χ0v) is 21.2. The van der Waals surface area contributed by atoms with E-state index in [9.17, 15) is 36.7 Å². The number of halogens is 6. The van der Waals surface area contributed by atoms with Crippen molar-refractivity contribution < 1.29 is 31.4 Å². The highest BCUT2D eigenvalue weighted by Crippen LogP contribution is 2.41. The van der Waals surface area contributed by atoms with Crippen molar-refractivity contribution in [1.82, 2.24) is 19.5 Å². The average molecular weight is 567 g/mol. The van der Waals surface area contributed by atoms with E-state index in [-0.39, 0.29) is 45.3 Å². The van der Waals surface area contributed by atoms with Crippen LogP contribution in [0.15, 0.2) is 79.4 Å². The molecule has 0 aliphatic rings. The zero-order valence-electron chi connectivity index (χ0n) is 21.2. The van der Waals surface area contributed by atoms with Crippen LogP contribution in [0, 0.1) is 11.3 Å². The number of fused-ring (bicyclic) bond motifs is 1. The Bertz CT molecular complexity index is 1770. The smallest absolute Gasteiger partial charge is 0.374 e. The Hall–Kier alpha value is -4.76. The van der Waals surface area contributed by atoms with Crippen LogP contribution in [0.2, 0.25) is 0 Å². The molecular weight excluding hydrogens is 548 g/mol. The van der Waals surface area contributed by atoms with Crippen molar-refractivity contribution in [3.05, 3.63) is 124 Å². The molecule has 1 N–H and O–H groups in total. The average Bonchev–Trinajstić information content (AvgIpc) is 3.37. The number of aromatic nitrogens is 4. The molecule has 0 fully saturated rings. The van der Waals surface area contributed by atoms with Gasteiger partial charge in [-0.3, -0.25) is 4.98 Å². The summed E-state index contributed by atoms with van der Waals surface area (Å²) in [6.45, 7) is 0. The van der Waals surface area contributed by atoms with Gasteiger partial charge >= 0.3 is 12.4 Å². The number of pyridine rings is 2. The number of aliphatic hydroxyl groups is 1. The molecule has 2 aromatic carbocycles. The Balaban J connectivity index is 1.77. The van der Waals surface area contributed by atoms with E-state index in [1.807, 2.05) is 6.07 Å². The highest BCUT2D eigenvalue weighted by Gasteiger charge is 2.40. The summed E-state index contributed by atoms with van der Waals surface area (Å²) in [5.74, 6) is 0. The van der Waals surface area contributed by atoms with Crippen molar-refractivity contribution in [2.45, 2.75) is 24.4 Å². The fraction of sp³-hybridized carbons (Fsp3) is 0.172. The highest BCUT2D eigenvalue weighted by atomic mass is 19.4. The first kappa shape index (κ1) is 27.8. The number of alkyl halides is 6. The number of hydrogen-bond donors (Lipinski definition) is 1. The van der Waals surface area contributed by atoms with Gasteiger partial charge in [-0.25, -0.2) is 9.97 Å². The summed E-state index contributed by atoms with van der Waals surface area (Å²) in [5.41, 5.74) is -4.63. The molecule has 0 aliphatic heterocycles. The Morgan fingerprint density at radius 3 is 2.17 bits per heavy atom. The molecule has 0 bridgehead atoms. The van der Waals surface area contributed by atoms with Crippen molar-refractivity contribution in [1.29, 1.82) is 5.26 Å². The van der Waals surface area contributed by atoms with E-state index in [1.54, 1.807) is 37.4 Å². The van der Waals surface area contributed by atoms with Gasteiger partial charge in [0.1, 0.15) is 17.5 Å². The Morgan fingerprint density at radius 2 is 1.61 bits per heavy atom. The van der Waals surface area contributed by atoms with E-state index in [4.69, 9.17) is 0 Å². The molecule has 41 heavy (non-hydrogen) atoms. The van der Waals surface area contributed by atoms with Crippen molar-refractivity contribution in [3.8, 4) is 6.07 Å². The second-order valence-corrected chi connectivity index (χ2v) is 9.35. The second kappa shape index (κ2) is 10.0. The van der Waals surface area contributed by atoms with E-state index in [2.05, 4.69) is 15.0 Å². The SMILES string of the molecule is Cn1cncc1C(O)(c1ccc(C(F)(F)F)nc1)c1ccc2nc(C(F)(F)F)c(Cc3ccccc3)c(C#N)c2c1. The van der Waals surface area contributed by atoms with Crippen LogP contribution in [-0.2, 0) is 31.4 Å². The minimum absolute atomic E-state index is 0.0318. The third-order valence-corrected chi connectivity index (χ3v) is 6.77. The van der Waals surface area contributed by atoms with Gasteiger partial charge in [-0.15, -0.1) is 0 Å². The predicted molar refractivity (Wildman–Crippen MR) is 135 cm³/mol. The molecular formula is C29H19F6N5O. The summed E-state index contributed by atoms with van der Waals surface area (Å²) in [6, 6.07) is 15.8. The lowest BCUT2D eigenvalue weighted by Gasteiger charge is -2.30. The Morgan fingerprint density at radius 1 is 0.902 bits per heavy atom. The molecule has 1 unspecified atom stereocenters. The summed E-state index contributed by atoms with van der Waals surface area (Å²) < 4.78 is 83.4. The van der Waals surface area contributed by atoms with Gasteiger partial charge in [0.2, 0.25) is 0 Å².